The average Bonchev–Trinajstić information content (AvgIpc) is 2.61. The van der Waals surface area contributed by atoms with Crippen LogP contribution in [-0.4, -0.2) is 18.8 Å². The van der Waals surface area contributed by atoms with Gasteiger partial charge in [-0.05, 0) is 30.7 Å². The zero-order chi connectivity index (χ0) is 18.8. The fourth-order valence-electron chi connectivity index (χ4n) is 2.96. The van der Waals surface area contributed by atoms with Crippen LogP contribution in [0.4, 0.5) is 0 Å². The van der Waals surface area contributed by atoms with Gasteiger partial charge in [0.2, 0.25) is 5.88 Å². The molecule has 0 saturated heterocycles. The number of fused-ring (bicyclic) bond motifs is 1. The molecule has 26 heavy (non-hydrogen) atoms. The van der Waals surface area contributed by atoms with E-state index in [2.05, 4.69) is 22.0 Å². The molecule has 1 heterocycles. The van der Waals surface area contributed by atoms with Gasteiger partial charge in [-0.3, -0.25) is 0 Å². The molecule has 2 aromatic rings. The van der Waals surface area contributed by atoms with Crippen LogP contribution in [0.5, 0.6) is 23.0 Å². The van der Waals surface area contributed by atoms with E-state index in [9.17, 15) is 10.4 Å². The Morgan fingerprint density at radius 1 is 1.27 bits per heavy atom. The Morgan fingerprint density at radius 2 is 2.04 bits per heavy atom. The quantitative estimate of drug-likeness (QED) is 0.786. The smallest absolute Gasteiger partial charge is 0.205 e. The first kappa shape index (κ1) is 18.0. The van der Waals surface area contributed by atoms with Gasteiger partial charge in [-0.15, -0.1) is 0 Å². The van der Waals surface area contributed by atoms with E-state index in [1.165, 1.54) is 6.07 Å². The number of phenolic OH excluding ortho intramolecular Hbond substituents is 1. The van der Waals surface area contributed by atoms with Gasteiger partial charge in [-0.25, -0.2) is 0 Å². The molecule has 7 heteroatoms. The third kappa shape index (κ3) is 3.04. The standard InChI is InChI=1S/C19H17BrN2O4/c1-3-25-17-7-12(14(20)8-16(17)24-2)18-11-5-4-10(23)6-15(11)26-19(22)13(18)9-21/h4-8,18,23H,3,22H2,1-2H3/t18-/m1/s1. The molecule has 3 N–H and O–H groups in total. The minimum Gasteiger partial charge on any atom is -0.508 e. The normalized spacial score (nSPS) is 15.7. The van der Waals surface area contributed by atoms with Crippen molar-refractivity contribution in [2.45, 2.75) is 12.8 Å². The number of rotatable bonds is 4. The van der Waals surface area contributed by atoms with E-state index in [-0.39, 0.29) is 17.2 Å². The molecule has 0 spiro atoms. The highest BCUT2D eigenvalue weighted by Crippen LogP contribution is 2.47. The van der Waals surface area contributed by atoms with E-state index < -0.39 is 5.92 Å². The molecule has 3 rings (SSSR count). The molecule has 1 aliphatic rings. The van der Waals surface area contributed by atoms with E-state index in [1.54, 1.807) is 25.3 Å². The summed E-state index contributed by atoms with van der Waals surface area (Å²) in [6, 6.07) is 10.5. The summed E-state index contributed by atoms with van der Waals surface area (Å²) in [5, 5.41) is 19.4. The molecule has 0 fully saturated rings. The van der Waals surface area contributed by atoms with Crippen molar-refractivity contribution in [1.29, 1.82) is 5.26 Å². The van der Waals surface area contributed by atoms with Crippen LogP contribution in [0.1, 0.15) is 24.0 Å². The third-order valence-corrected chi connectivity index (χ3v) is 4.78. The number of nitrogens with two attached hydrogens (primary N) is 1. The lowest BCUT2D eigenvalue weighted by atomic mass is 9.83. The molecule has 6 nitrogen and oxygen atoms in total. The molecular formula is C19H17BrN2O4. The predicted octanol–water partition coefficient (Wildman–Crippen LogP) is 3.78. The Bertz CT molecular complexity index is 934. The van der Waals surface area contributed by atoms with Crippen LogP contribution in [0, 0.1) is 11.3 Å². The summed E-state index contributed by atoms with van der Waals surface area (Å²) in [5.74, 6) is 1.15. The van der Waals surface area contributed by atoms with Crippen LogP contribution in [-0.2, 0) is 0 Å². The first-order valence-electron chi connectivity index (χ1n) is 7.90. The highest BCUT2D eigenvalue weighted by molar-refractivity contribution is 9.10. The van der Waals surface area contributed by atoms with E-state index in [0.717, 1.165) is 15.6 Å². The van der Waals surface area contributed by atoms with Gasteiger partial charge in [0.05, 0.1) is 19.6 Å². The lowest BCUT2D eigenvalue weighted by molar-refractivity contribution is 0.310. The number of hydrogen-bond donors (Lipinski definition) is 2. The summed E-state index contributed by atoms with van der Waals surface area (Å²) >= 11 is 3.55. The number of phenols is 1. The van der Waals surface area contributed by atoms with Crippen molar-refractivity contribution in [3.63, 3.8) is 0 Å². The Hall–Kier alpha value is -2.85. The minimum absolute atomic E-state index is 0.0104. The second kappa shape index (κ2) is 7.18. The van der Waals surface area contributed by atoms with Crippen molar-refractivity contribution < 1.29 is 19.3 Å². The molecule has 2 aromatic carbocycles. The van der Waals surface area contributed by atoms with Gasteiger partial charge in [0, 0.05) is 16.1 Å². The molecule has 0 radical (unpaired) electrons. The zero-order valence-electron chi connectivity index (χ0n) is 14.2. The summed E-state index contributed by atoms with van der Waals surface area (Å²) in [4.78, 5) is 0. The van der Waals surface area contributed by atoms with E-state index in [0.29, 0.717) is 23.9 Å². The van der Waals surface area contributed by atoms with Gasteiger partial charge in [-0.2, -0.15) is 5.26 Å². The van der Waals surface area contributed by atoms with Crippen molar-refractivity contribution in [2.75, 3.05) is 13.7 Å². The summed E-state index contributed by atoms with van der Waals surface area (Å²) in [6.07, 6.45) is 0. The third-order valence-electron chi connectivity index (χ3n) is 4.10. The second-order valence-electron chi connectivity index (χ2n) is 5.60. The first-order valence-corrected chi connectivity index (χ1v) is 8.70. The Labute approximate surface area is 159 Å². The van der Waals surface area contributed by atoms with Crippen molar-refractivity contribution in [3.8, 4) is 29.1 Å². The van der Waals surface area contributed by atoms with Crippen molar-refractivity contribution in [3.05, 3.63) is 57.4 Å². The number of allylic oxidation sites excluding steroid dienone is 1. The predicted molar refractivity (Wildman–Crippen MR) is 99.3 cm³/mol. The zero-order valence-corrected chi connectivity index (χ0v) is 15.8. The van der Waals surface area contributed by atoms with Crippen molar-refractivity contribution in [1.82, 2.24) is 0 Å². The van der Waals surface area contributed by atoms with Gasteiger partial charge >= 0.3 is 0 Å². The number of ether oxygens (including phenoxy) is 3. The molecule has 0 saturated carbocycles. The second-order valence-corrected chi connectivity index (χ2v) is 6.46. The maximum Gasteiger partial charge on any atom is 0.205 e. The van der Waals surface area contributed by atoms with Gasteiger partial charge in [0.25, 0.3) is 0 Å². The molecular weight excluding hydrogens is 400 g/mol. The van der Waals surface area contributed by atoms with Crippen LogP contribution < -0.4 is 19.9 Å². The summed E-state index contributed by atoms with van der Waals surface area (Å²) in [7, 11) is 1.56. The fraction of sp³-hybridized carbons (Fsp3) is 0.211. The number of benzene rings is 2. The largest absolute Gasteiger partial charge is 0.508 e. The molecule has 1 atom stereocenters. The lowest BCUT2D eigenvalue weighted by Gasteiger charge is -2.27. The van der Waals surface area contributed by atoms with Crippen LogP contribution in [0.25, 0.3) is 0 Å². The monoisotopic (exact) mass is 416 g/mol. The Kier molecular flexibility index (Phi) is 4.96. The molecule has 1 aliphatic heterocycles. The number of halogens is 1. The highest BCUT2D eigenvalue weighted by Gasteiger charge is 2.33. The summed E-state index contributed by atoms with van der Waals surface area (Å²) in [5.41, 5.74) is 7.76. The number of nitriles is 1. The minimum atomic E-state index is -0.469. The number of aromatic hydroxyl groups is 1. The van der Waals surface area contributed by atoms with Gasteiger partial charge in [-0.1, -0.05) is 22.0 Å². The maximum absolute atomic E-state index is 9.74. The van der Waals surface area contributed by atoms with Gasteiger partial charge in [0.15, 0.2) is 11.5 Å². The lowest BCUT2D eigenvalue weighted by Crippen LogP contribution is -2.21. The van der Waals surface area contributed by atoms with Crippen LogP contribution in [0.3, 0.4) is 0 Å². The number of hydrogen-bond acceptors (Lipinski definition) is 6. The van der Waals surface area contributed by atoms with Crippen molar-refractivity contribution >= 4 is 15.9 Å². The summed E-state index contributed by atoms with van der Waals surface area (Å²) in [6.45, 7) is 2.35. The van der Waals surface area contributed by atoms with Gasteiger partial charge in [0.1, 0.15) is 23.1 Å². The molecule has 134 valence electrons. The summed E-state index contributed by atoms with van der Waals surface area (Å²) < 4.78 is 17.3. The van der Waals surface area contributed by atoms with Crippen LogP contribution >= 0.6 is 15.9 Å². The van der Waals surface area contributed by atoms with E-state index in [1.807, 2.05) is 13.0 Å². The van der Waals surface area contributed by atoms with Gasteiger partial charge < -0.3 is 25.1 Å². The van der Waals surface area contributed by atoms with E-state index >= 15 is 0 Å². The topological polar surface area (TPSA) is 97.7 Å². The molecule has 0 unspecified atom stereocenters. The fourth-order valence-corrected chi connectivity index (χ4v) is 3.52. The molecule has 0 amide bonds. The van der Waals surface area contributed by atoms with Crippen LogP contribution in [0.2, 0.25) is 0 Å². The molecule has 0 bridgehead atoms. The molecule has 0 aromatic heterocycles. The number of nitrogens with zero attached hydrogens (tertiary/aromatic N) is 1. The Balaban J connectivity index is 2.25. The van der Waals surface area contributed by atoms with Crippen molar-refractivity contribution in [2.24, 2.45) is 5.73 Å². The van der Waals surface area contributed by atoms with E-state index in [4.69, 9.17) is 19.9 Å². The maximum atomic E-state index is 9.74. The highest BCUT2D eigenvalue weighted by atomic mass is 79.9. The average molecular weight is 417 g/mol. The molecule has 0 aliphatic carbocycles. The SMILES string of the molecule is CCOc1cc([C@@H]2C(C#N)=C(N)Oc3cc(O)ccc32)c(Br)cc1OC. The first-order chi connectivity index (χ1) is 12.5. The Morgan fingerprint density at radius 3 is 2.69 bits per heavy atom. The van der Waals surface area contributed by atoms with Crippen LogP contribution in [0.15, 0.2) is 46.3 Å². The number of methoxy groups -OCH3 is 1.